The lowest BCUT2D eigenvalue weighted by molar-refractivity contribution is -0.137. The number of imidazole rings is 1. The van der Waals surface area contributed by atoms with Crippen molar-refractivity contribution >= 4 is 22.6 Å². The summed E-state index contributed by atoms with van der Waals surface area (Å²) in [5, 5.41) is 2.94. The van der Waals surface area contributed by atoms with Crippen molar-refractivity contribution in [1.29, 1.82) is 0 Å². The van der Waals surface area contributed by atoms with Crippen LogP contribution in [0.1, 0.15) is 47.9 Å². The van der Waals surface area contributed by atoms with Crippen LogP contribution in [0.15, 0.2) is 60.7 Å². The molecule has 9 heteroatoms. The highest BCUT2D eigenvalue weighted by atomic mass is 19.4. The quantitative estimate of drug-likeness (QED) is 0.254. The highest BCUT2D eigenvalue weighted by Crippen LogP contribution is 2.38. The summed E-state index contributed by atoms with van der Waals surface area (Å²) in [6.07, 6.45) is 0.237. The molecule has 214 valence electrons. The molecule has 0 unspecified atom stereocenters. The summed E-state index contributed by atoms with van der Waals surface area (Å²) in [6, 6.07) is 17.5. The molecule has 2 saturated heterocycles. The Balaban J connectivity index is 1.21. The Morgan fingerprint density at radius 3 is 2.15 bits per heavy atom. The zero-order valence-electron chi connectivity index (χ0n) is 22.9. The van der Waals surface area contributed by atoms with Crippen LogP contribution < -0.4 is 5.32 Å². The van der Waals surface area contributed by atoms with E-state index in [2.05, 4.69) is 25.1 Å². The minimum atomic E-state index is -4.52. The summed E-state index contributed by atoms with van der Waals surface area (Å²) < 4.78 is 42.0. The van der Waals surface area contributed by atoms with Crippen LogP contribution in [0, 0.1) is 0 Å². The Kier molecular flexibility index (Phi) is 7.81. The predicted octanol–water partition coefficient (Wildman–Crippen LogP) is 6.62. The van der Waals surface area contributed by atoms with Gasteiger partial charge in [0.05, 0.1) is 23.0 Å². The first-order chi connectivity index (χ1) is 19.8. The topological polar surface area (TPSA) is 64.3 Å². The fourth-order valence-electron chi connectivity index (χ4n) is 5.96. The van der Waals surface area contributed by atoms with E-state index < -0.39 is 11.7 Å². The Morgan fingerprint density at radius 1 is 0.854 bits per heavy atom. The molecule has 3 heterocycles. The molecule has 0 bridgehead atoms. The number of H-pyrrole nitrogens is 1. The fraction of sp³-hybridized carbons (Fsp3) is 0.375. The number of nitrogens with zero attached hydrogens (tertiary/aromatic N) is 3. The van der Waals surface area contributed by atoms with Crippen molar-refractivity contribution in [3.8, 4) is 11.4 Å². The number of aromatic amines is 1. The van der Waals surface area contributed by atoms with Gasteiger partial charge in [0.1, 0.15) is 5.82 Å². The number of hydrogen-bond acceptors (Lipinski definition) is 4. The molecule has 0 spiro atoms. The summed E-state index contributed by atoms with van der Waals surface area (Å²) in [4.78, 5) is 25.3. The first-order valence-corrected chi connectivity index (χ1v) is 14.3. The number of likely N-dealkylation sites (tertiary alicyclic amines) is 2. The number of carbonyl (C=O) groups is 1. The molecule has 41 heavy (non-hydrogen) atoms. The lowest BCUT2D eigenvalue weighted by atomic mass is 10.0. The van der Waals surface area contributed by atoms with E-state index in [0.717, 1.165) is 57.2 Å². The zero-order chi connectivity index (χ0) is 28.4. The van der Waals surface area contributed by atoms with E-state index in [0.29, 0.717) is 28.8 Å². The van der Waals surface area contributed by atoms with Crippen LogP contribution in [0.4, 0.5) is 18.9 Å². The van der Waals surface area contributed by atoms with Crippen LogP contribution in [-0.4, -0.2) is 51.9 Å². The van der Waals surface area contributed by atoms with E-state index >= 15 is 0 Å². The summed E-state index contributed by atoms with van der Waals surface area (Å²) in [7, 11) is 0. The van der Waals surface area contributed by atoms with Gasteiger partial charge in [-0.25, -0.2) is 4.98 Å². The van der Waals surface area contributed by atoms with Gasteiger partial charge in [0.25, 0.3) is 0 Å². The van der Waals surface area contributed by atoms with Crippen molar-refractivity contribution in [1.82, 2.24) is 19.8 Å². The largest absolute Gasteiger partial charge is 0.417 e. The van der Waals surface area contributed by atoms with Gasteiger partial charge in [-0.05, 0) is 98.9 Å². The van der Waals surface area contributed by atoms with Gasteiger partial charge in [-0.3, -0.25) is 14.6 Å². The summed E-state index contributed by atoms with van der Waals surface area (Å²) in [6.45, 7) is 5.68. The van der Waals surface area contributed by atoms with E-state index in [1.807, 2.05) is 24.3 Å². The smallest absolute Gasteiger partial charge is 0.338 e. The number of nitrogens with one attached hydrogen (secondary N) is 2. The lowest BCUT2D eigenvalue weighted by Crippen LogP contribution is -2.18. The number of fused-ring (bicyclic) bond motifs is 1. The van der Waals surface area contributed by atoms with E-state index in [4.69, 9.17) is 0 Å². The van der Waals surface area contributed by atoms with Gasteiger partial charge in [-0.15, -0.1) is 0 Å². The molecule has 0 radical (unpaired) electrons. The maximum Gasteiger partial charge on any atom is 0.417 e. The molecule has 0 saturated carbocycles. The van der Waals surface area contributed by atoms with Crippen LogP contribution in [0.25, 0.3) is 22.4 Å². The van der Waals surface area contributed by atoms with Crippen molar-refractivity contribution in [2.24, 2.45) is 0 Å². The van der Waals surface area contributed by atoms with Crippen LogP contribution >= 0.6 is 0 Å². The van der Waals surface area contributed by atoms with E-state index in [9.17, 15) is 18.0 Å². The highest BCUT2D eigenvalue weighted by molar-refractivity contribution is 5.95. The van der Waals surface area contributed by atoms with Gasteiger partial charge < -0.3 is 10.3 Å². The van der Waals surface area contributed by atoms with Gasteiger partial charge in [-0.1, -0.05) is 30.3 Å². The molecule has 2 N–H and O–H groups in total. The third-order valence-corrected chi connectivity index (χ3v) is 8.04. The van der Waals surface area contributed by atoms with Crippen molar-refractivity contribution in [3.05, 3.63) is 82.9 Å². The number of hydrogen-bond donors (Lipinski definition) is 2. The Bertz CT molecular complexity index is 1520. The number of rotatable bonds is 8. The van der Waals surface area contributed by atoms with Crippen LogP contribution in [0.2, 0.25) is 0 Å². The Labute approximate surface area is 237 Å². The molecule has 4 aromatic rings. The van der Waals surface area contributed by atoms with Crippen LogP contribution in [-0.2, 0) is 30.5 Å². The molecular formula is C32H34F3N5O. The standard InChI is InChI=1S/C32H34F3N5O/c33-32(34,35)27-13-10-23(21-40-16-3-4-17-40)18-26(27)31-37-28-7-5-6-24(30(28)38-31)19-29(41)36-25-11-8-22(9-12-25)20-39-14-1-2-15-39/h5-13,18H,1-4,14-17,19-21H2,(H,36,41)(H,37,38). The number of amides is 1. The second-order valence-electron chi connectivity index (χ2n) is 11.2. The number of carbonyl (C=O) groups excluding carboxylic acids is 1. The maximum absolute atomic E-state index is 14.0. The second kappa shape index (κ2) is 11.7. The minimum Gasteiger partial charge on any atom is -0.338 e. The molecule has 1 aromatic heterocycles. The third kappa shape index (κ3) is 6.47. The molecule has 6 rings (SSSR count). The lowest BCUT2D eigenvalue weighted by Gasteiger charge is -2.17. The predicted molar refractivity (Wildman–Crippen MR) is 154 cm³/mol. The fourth-order valence-corrected chi connectivity index (χ4v) is 5.96. The van der Waals surface area contributed by atoms with E-state index in [1.54, 1.807) is 30.3 Å². The Hall–Kier alpha value is -3.69. The SMILES string of the molecule is O=C(Cc1cccc2[nH]c(-c3cc(CN4CCCC4)ccc3C(F)(F)F)nc12)Nc1ccc(CN2CCCC2)cc1. The normalized spacial score (nSPS) is 16.6. The zero-order valence-corrected chi connectivity index (χ0v) is 22.9. The average molecular weight is 562 g/mol. The number of aromatic nitrogens is 2. The number of alkyl halides is 3. The van der Waals surface area contributed by atoms with Gasteiger partial charge in [0, 0.05) is 24.3 Å². The molecular weight excluding hydrogens is 527 g/mol. The third-order valence-electron chi connectivity index (χ3n) is 8.04. The molecule has 0 aliphatic carbocycles. The molecule has 2 aliphatic rings. The molecule has 2 fully saturated rings. The first-order valence-electron chi connectivity index (χ1n) is 14.3. The molecule has 1 amide bonds. The first kappa shape index (κ1) is 27.5. The van der Waals surface area contributed by atoms with Gasteiger partial charge >= 0.3 is 6.18 Å². The van der Waals surface area contributed by atoms with Crippen LogP contribution in [0.3, 0.4) is 0 Å². The molecule has 0 atom stereocenters. The second-order valence-corrected chi connectivity index (χ2v) is 11.2. The van der Waals surface area contributed by atoms with E-state index in [-0.39, 0.29) is 23.7 Å². The highest BCUT2D eigenvalue weighted by Gasteiger charge is 2.35. The summed E-state index contributed by atoms with van der Waals surface area (Å²) in [5.74, 6) is -0.0602. The summed E-state index contributed by atoms with van der Waals surface area (Å²) in [5.41, 5.74) is 3.77. The van der Waals surface area contributed by atoms with Crippen LogP contribution in [0.5, 0.6) is 0 Å². The van der Waals surface area contributed by atoms with Gasteiger partial charge in [0.2, 0.25) is 5.91 Å². The number of benzene rings is 3. The van der Waals surface area contributed by atoms with E-state index in [1.165, 1.54) is 18.4 Å². The maximum atomic E-state index is 14.0. The van der Waals surface area contributed by atoms with Crippen molar-refractivity contribution in [2.75, 3.05) is 31.5 Å². The molecule has 2 aliphatic heterocycles. The van der Waals surface area contributed by atoms with Crippen molar-refractivity contribution in [3.63, 3.8) is 0 Å². The number of halogens is 3. The van der Waals surface area contributed by atoms with Gasteiger partial charge in [-0.2, -0.15) is 13.2 Å². The number of anilines is 1. The number of para-hydroxylation sites is 1. The minimum absolute atomic E-state index is 0.0230. The van der Waals surface area contributed by atoms with Crippen molar-refractivity contribution < 1.29 is 18.0 Å². The average Bonchev–Trinajstić information content (AvgIpc) is 3.72. The molecule has 3 aromatic carbocycles. The monoisotopic (exact) mass is 561 g/mol. The molecule has 6 nitrogen and oxygen atoms in total. The summed E-state index contributed by atoms with van der Waals surface area (Å²) >= 11 is 0. The van der Waals surface area contributed by atoms with Gasteiger partial charge in [0.15, 0.2) is 0 Å². The van der Waals surface area contributed by atoms with Crippen molar-refractivity contribution in [2.45, 2.75) is 51.4 Å². The Morgan fingerprint density at radius 2 is 1.49 bits per heavy atom.